The van der Waals surface area contributed by atoms with Crippen LogP contribution in [-0.4, -0.2) is 54.6 Å². The summed E-state index contributed by atoms with van der Waals surface area (Å²) in [5, 5.41) is 18.7. The summed E-state index contributed by atoms with van der Waals surface area (Å²) in [6, 6.07) is 5.70. The van der Waals surface area contributed by atoms with E-state index in [9.17, 15) is 14.7 Å². The van der Waals surface area contributed by atoms with Crippen LogP contribution in [-0.2, 0) is 9.53 Å². The predicted molar refractivity (Wildman–Crippen MR) is 116 cm³/mol. The molecule has 0 unspecified atom stereocenters. The first-order valence-electron chi connectivity index (χ1n) is 11.5. The number of carbonyl (C=O) groups excluding carboxylic acids is 2. The highest BCUT2D eigenvalue weighted by Crippen LogP contribution is 2.47. The zero-order valence-electron chi connectivity index (χ0n) is 18.1. The van der Waals surface area contributed by atoms with Gasteiger partial charge < -0.3 is 30.5 Å². The maximum absolute atomic E-state index is 12.4. The van der Waals surface area contributed by atoms with E-state index in [0.29, 0.717) is 18.7 Å². The third-order valence-electron chi connectivity index (χ3n) is 6.43. The van der Waals surface area contributed by atoms with Crippen LogP contribution in [0.4, 0.5) is 10.5 Å². The summed E-state index contributed by atoms with van der Waals surface area (Å²) in [7, 11) is 0. The molecule has 1 saturated heterocycles. The molecule has 1 saturated carbocycles. The van der Waals surface area contributed by atoms with Gasteiger partial charge >= 0.3 is 6.03 Å². The molecule has 0 spiro atoms. The Labute approximate surface area is 183 Å². The topological polar surface area (TPSA) is 109 Å². The lowest BCUT2D eigenvalue weighted by Gasteiger charge is -2.37. The van der Waals surface area contributed by atoms with Gasteiger partial charge in [-0.15, -0.1) is 0 Å². The van der Waals surface area contributed by atoms with Crippen molar-refractivity contribution in [2.45, 2.75) is 82.1 Å². The molecule has 3 aliphatic rings. The number of nitrogens with one attached hydrogen (secondary N) is 3. The molecular weight excluding hydrogens is 398 g/mol. The zero-order valence-corrected chi connectivity index (χ0v) is 18.1. The molecule has 8 heteroatoms. The van der Waals surface area contributed by atoms with Crippen molar-refractivity contribution in [1.82, 2.24) is 10.6 Å². The first kappa shape index (κ1) is 21.9. The van der Waals surface area contributed by atoms with Crippen molar-refractivity contribution >= 4 is 17.6 Å². The standard InChI is InChI=1S/C23H33N3O5/c1-2-9-24-21(28)12-16-11-18-17-10-15(26-23(29)25-14-5-3-4-6-14)7-8-19(17)31-22(18)20(13-27)30-16/h7-8,10,14,16,18,20,22,27H,2-6,9,11-13H2,1H3,(H,24,28)(H2,25,26,29)/t16-,18-,20+,22+/m0/s1. The van der Waals surface area contributed by atoms with Crippen LogP contribution in [0.2, 0.25) is 0 Å². The van der Waals surface area contributed by atoms with Crippen molar-refractivity contribution in [3.63, 3.8) is 0 Å². The summed E-state index contributed by atoms with van der Waals surface area (Å²) in [6.07, 6.45) is 5.10. The highest BCUT2D eigenvalue weighted by atomic mass is 16.6. The Morgan fingerprint density at radius 2 is 2.03 bits per heavy atom. The molecule has 0 bridgehead atoms. The van der Waals surface area contributed by atoms with Gasteiger partial charge in [0, 0.05) is 29.8 Å². The third-order valence-corrected chi connectivity index (χ3v) is 6.43. The smallest absolute Gasteiger partial charge is 0.319 e. The van der Waals surface area contributed by atoms with Gasteiger partial charge in [-0.3, -0.25) is 4.79 Å². The van der Waals surface area contributed by atoms with Gasteiger partial charge in [0.2, 0.25) is 5.91 Å². The van der Waals surface area contributed by atoms with Crippen molar-refractivity contribution in [2.24, 2.45) is 0 Å². The maximum Gasteiger partial charge on any atom is 0.319 e. The largest absolute Gasteiger partial charge is 0.487 e. The number of carbonyl (C=O) groups is 2. The van der Waals surface area contributed by atoms with Crippen LogP contribution in [0.5, 0.6) is 5.75 Å². The van der Waals surface area contributed by atoms with Crippen LogP contribution in [0.3, 0.4) is 0 Å². The van der Waals surface area contributed by atoms with Gasteiger partial charge in [-0.1, -0.05) is 19.8 Å². The third kappa shape index (κ3) is 5.13. The van der Waals surface area contributed by atoms with E-state index < -0.39 is 6.10 Å². The molecule has 2 heterocycles. The van der Waals surface area contributed by atoms with Crippen LogP contribution in [0.25, 0.3) is 0 Å². The fourth-order valence-electron chi connectivity index (χ4n) is 4.93. The Morgan fingerprint density at radius 3 is 2.77 bits per heavy atom. The molecular formula is C23H33N3O5. The van der Waals surface area contributed by atoms with E-state index >= 15 is 0 Å². The van der Waals surface area contributed by atoms with Crippen LogP contribution >= 0.6 is 0 Å². The highest BCUT2D eigenvalue weighted by Gasteiger charge is 2.46. The van der Waals surface area contributed by atoms with Gasteiger partial charge in [-0.05, 0) is 43.9 Å². The molecule has 1 aromatic carbocycles. The van der Waals surface area contributed by atoms with E-state index in [1.165, 1.54) is 0 Å². The fraction of sp³-hybridized carbons (Fsp3) is 0.652. The summed E-state index contributed by atoms with van der Waals surface area (Å²) in [5.41, 5.74) is 1.70. The second kappa shape index (κ2) is 9.87. The van der Waals surface area contributed by atoms with Crippen LogP contribution < -0.4 is 20.7 Å². The Hall–Kier alpha value is -2.32. The second-order valence-electron chi connectivity index (χ2n) is 8.79. The minimum Gasteiger partial charge on any atom is -0.487 e. The maximum atomic E-state index is 12.4. The number of fused-ring (bicyclic) bond motifs is 3. The molecule has 2 fully saturated rings. The molecule has 2 aliphatic heterocycles. The predicted octanol–water partition coefficient (Wildman–Crippen LogP) is 2.66. The number of anilines is 1. The van der Waals surface area contributed by atoms with E-state index in [1.807, 2.05) is 25.1 Å². The number of aliphatic hydroxyl groups is 1. The molecule has 31 heavy (non-hydrogen) atoms. The fourth-order valence-corrected chi connectivity index (χ4v) is 4.93. The minimum atomic E-state index is -0.489. The average Bonchev–Trinajstić information content (AvgIpc) is 3.39. The summed E-state index contributed by atoms with van der Waals surface area (Å²) < 4.78 is 12.1. The van der Waals surface area contributed by atoms with Crippen molar-refractivity contribution in [1.29, 1.82) is 0 Å². The number of hydrogen-bond donors (Lipinski definition) is 4. The number of benzene rings is 1. The monoisotopic (exact) mass is 431 g/mol. The summed E-state index contributed by atoms with van der Waals surface area (Å²) in [5.74, 6) is 0.708. The number of amides is 3. The molecule has 3 amide bonds. The van der Waals surface area contributed by atoms with E-state index in [0.717, 1.165) is 43.4 Å². The lowest BCUT2D eigenvalue weighted by molar-refractivity contribution is -0.142. The summed E-state index contributed by atoms with van der Waals surface area (Å²) in [6.45, 7) is 2.48. The van der Waals surface area contributed by atoms with Gasteiger partial charge in [0.05, 0.1) is 19.1 Å². The van der Waals surface area contributed by atoms with Crippen molar-refractivity contribution in [3.05, 3.63) is 23.8 Å². The van der Waals surface area contributed by atoms with Crippen LogP contribution in [0.15, 0.2) is 18.2 Å². The SMILES string of the molecule is CCCNC(=O)C[C@@H]1C[C@H]2c3cc(NC(=O)NC4CCCC4)ccc3O[C@H]2[C@@H](CO)O1. The molecule has 1 aliphatic carbocycles. The van der Waals surface area contributed by atoms with Crippen molar-refractivity contribution in [2.75, 3.05) is 18.5 Å². The van der Waals surface area contributed by atoms with Gasteiger partial charge in [-0.25, -0.2) is 4.79 Å². The summed E-state index contributed by atoms with van der Waals surface area (Å²) in [4.78, 5) is 24.5. The quantitative estimate of drug-likeness (QED) is 0.531. The molecule has 0 radical (unpaired) electrons. The zero-order chi connectivity index (χ0) is 21.8. The second-order valence-corrected chi connectivity index (χ2v) is 8.79. The number of urea groups is 1. The van der Waals surface area contributed by atoms with Crippen LogP contribution in [0.1, 0.15) is 63.4 Å². The first-order valence-corrected chi connectivity index (χ1v) is 11.5. The lowest BCUT2D eigenvalue weighted by Crippen LogP contribution is -2.47. The van der Waals surface area contributed by atoms with Crippen molar-refractivity contribution < 1.29 is 24.2 Å². The normalized spacial score (nSPS) is 27.2. The molecule has 4 N–H and O–H groups in total. The van der Waals surface area contributed by atoms with E-state index in [-0.39, 0.29) is 49.1 Å². The molecule has 8 nitrogen and oxygen atoms in total. The molecule has 4 rings (SSSR count). The Morgan fingerprint density at radius 1 is 1.23 bits per heavy atom. The molecule has 170 valence electrons. The number of aliphatic hydroxyl groups excluding tert-OH is 1. The van der Waals surface area contributed by atoms with E-state index in [1.54, 1.807) is 0 Å². The Bertz CT molecular complexity index is 795. The van der Waals surface area contributed by atoms with Crippen LogP contribution in [0, 0.1) is 0 Å². The number of hydrogen-bond acceptors (Lipinski definition) is 5. The molecule has 1 aromatic rings. The lowest BCUT2D eigenvalue weighted by atomic mass is 9.84. The van der Waals surface area contributed by atoms with Gasteiger partial charge in [0.15, 0.2) is 0 Å². The van der Waals surface area contributed by atoms with E-state index in [4.69, 9.17) is 9.47 Å². The first-order chi connectivity index (χ1) is 15.1. The highest BCUT2D eigenvalue weighted by molar-refractivity contribution is 5.89. The van der Waals surface area contributed by atoms with E-state index in [2.05, 4.69) is 16.0 Å². The van der Waals surface area contributed by atoms with Gasteiger partial charge in [0.25, 0.3) is 0 Å². The van der Waals surface area contributed by atoms with Gasteiger partial charge in [0.1, 0.15) is 18.0 Å². The molecule has 4 atom stereocenters. The molecule has 0 aromatic heterocycles. The average molecular weight is 432 g/mol. The minimum absolute atomic E-state index is 0.00418. The number of ether oxygens (including phenoxy) is 2. The Balaban J connectivity index is 1.43. The summed E-state index contributed by atoms with van der Waals surface area (Å²) >= 11 is 0. The Kier molecular flexibility index (Phi) is 6.97. The van der Waals surface area contributed by atoms with Gasteiger partial charge in [-0.2, -0.15) is 0 Å². The number of rotatable bonds is 7. The van der Waals surface area contributed by atoms with Crippen molar-refractivity contribution in [3.8, 4) is 5.75 Å².